The van der Waals surface area contributed by atoms with E-state index < -0.39 is 53.8 Å². The Morgan fingerprint density at radius 1 is 0.974 bits per heavy atom. The van der Waals surface area contributed by atoms with Crippen LogP contribution in [0.5, 0.6) is 0 Å². The lowest BCUT2D eigenvalue weighted by Crippen LogP contribution is -2.57. The van der Waals surface area contributed by atoms with Gasteiger partial charge >= 0.3 is 11.9 Å². The first kappa shape index (κ1) is 32.8. The number of guanidine groups is 1. The molecule has 0 bridgehead atoms. The van der Waals surface area contributed by atoms with Crippen LogP contribution in [-0.4, -0.2) is 86.5 Å². The number of nitrogens with one attached hydrogen (secondary N) is 4. The smallest absolute Gasteiger partial charge is 0.326 e. The molecule has 12 N–H and O–H groups in total. The van der Waals surface area contributed by atoms with Gasteiger partial charge in [0, 0.05) is 31.3 Å². The van der Waals surface area contributed by atoms with Gasteiger partial charge in [0.05, 0.1) is 12.4 Å². The summed E-state index contributed by atoms with van der Waals surface area (Å²) in [5.41, 5.74) is 16.9. The Morgan fingerprint density at radius 3 is 2.13 bits per heavy atom. The standard InChI is InChI=1S/C23H39N9O7/c1-12(2)8-17(22(38)39)32-21(37)16(9-13-10-27-11-29-13)31-20(36)15(4-3-7-28-23(25)26)30-19(35)14(24)5-6-18(33)34/h10-12,14-17H,3-9,24H2,1-2H3,(H,27,29)(H,30,35)(H,31,36)(H,32,37)(H,33,34)(H,38,39)(H4,25,26,28). The summed E-state index contributed by atoms with van der Waals surface area (Å²) < 4.78 is 0. The first-order valence-corrected chi connectivity index (χ1v) is 12.4. The number of imidazole rings is 1. The summed E-state index contributed by atoms with van der Waals surface area (Å²) in [6, 6.07) is -4.76. The number of hydrogen-bond acceptors (Lipinski definition) is 8. The van der Waals surface area contributed by atoms with Crippen molar-refractivity contribution in [2.45, 2.75) is 76.5 Å². The highest BCUT2D eigenvalue weighted by Crippen LogP contribution is 2.08. The second-order valence-corrected chi connectivity index (χ2v) is 9.42. The van der Waals surface area contributed by atoms with Gasteiger partial charge in [0.2, 0.25) is 17.7 Å². The van der Waals surface area contributed by atoms with Gasteiger partial charge in [0.25, 0.3) is 0 Å². The average molecular weight is 554 g/mol. The summed E-state index contributed by atoms with van der Waals surface area (Å²) in [5.74, 6) is -4.76. The fraction of sp³-hybridized carbons (Fsp3) is 0.609. The molecule has 0 aliphatic rings. The van der Waals surface area contributed by atoms with Gasteiger partial charge in [-0.25, -0.2) is 9.78 Å². The molecule has 0 saturated heterocycles. The molecule has 0 aromatic carbocycles. The molecule has 39 heavy (non-hydrogen) atoms. The van der Waals surface area contributed by atoms with E-state index in [0.717, 1.165) is 0 Å². The van der Waals surface area contributed by atoms with E-state index in [1.807, 2.05) is 13.8 Å². The molecule has 4 atom stereocenters. The number of hydrogen-bond donors (Lipinski definition) is 9. The first-order valence-electron chi connectivity index (χ1n) is 12.4. The van der Waals surface area contributed by atoms with Gasteiger partial charge in [-0.3, -0.25) is 24.2 Å². The molecule has 0 aliphatic heterocycles. The molecule has 0 saturated carbocycles. The number of carboxylic acids is 2. The molecule has 1 heterocycles. The molecule has 1 rings (SSSR count). The van der Waals surface area contributed by atoms with Crippen LogP contribution in [-0.2, 0) is 30.4 Å². The highest BCUT2D eigenvalue weighted by Gasteiger charge is 2.31. The molecule has 16 heteroatoms. The number of carbonyl (C=O) groups is 5. The third kappa shape index (κ3) is 13.2. The molecule has 1 aromatic rings. The maximum absolute atomic E-state index is 13.3. The van der Waals surface area contributed by atoms with E-state index in [9.17, 15) is 29.1 Å². The summed E-state index contributed by atoms with van der Waals surface area (Å²) in [6.45, 7) is 3.77. The second-order valence-electron chi connectivity index (χ2n) is 9.42. The van der Waals surface area contributed by atoms with Gasteiger partial charge in [-0.05, 0) is 31.6 Å². The fourth-order valence-corrected chi connectivity index (χ4v) is 3.52. The van der Waals surface area contributed by atoms with Gasteiger partial charge in [0.1, 0.15) is 18.1 Å². The van der Waals surface area contributed by atoms with Crippen molar-refractivity contribution >= 4 is 35.6 Å². The van der Waals surface area contributed by atoms with Crippen molar-refractivity contribution in [3.63, 3.8) is 0 Å². The van der Waals surface area contributed by atoms with Crippen molar-refractivity contribution in [2.24, 2.45) is 28.1 Å². The average Bonchev–Trinajstić information content (AvgIpc) is 3.35. The Hall–Kier alpha value is -4.21. The van der Waals surface area contributed by atoms with Crippen LogP contribution in [0.2, 0.25) is 0 Å². The Morgan fingerprint density at radius 2 is 1.59 bits per heavy atom. The van der Waals surface area contributed by atoms with E-state index in [1.165, 1.54) is 12.5 Å². The molecule has 0 spiro atoms. The van der Waals surface area contributed by atoms with Crippen LogP contribution in [0.15, 0.2) is 17.5 Å². The monoisotopic (exact) mass is 553 g/mol. The zero-order valence-corrected chi connectivity index (χ0v) is 22.1. The molecular weight excluding hydrogens is 514 g/mol. The molecular formula is C23H39N9O7. The number of amides is 3. The maximum atomic E-state index is 13.3. The number of carboxylic acid groups (broad SMARTS) is 2. The van der Waals surface area contributed by atoms with Gasteiger partial charge in [0.15, 0.2) is 5.96 Å². The number of nitrogens with two attached hydrogens (primary N) is 3. The predicted octanol–water partition coefficient (Wildman–Crippen LogP) is -2.22. The summed E-state index contributed by atoms with van der Waals surface area (Å²) in [4.78, 5) is 72.0. The van der Waals surface area contributed by atoms with Gasteiger partial charge in [-0.1, -0.05) is 13.8 Å². The Bertz CT molecular complexity index is 994. The van der Waals surface area contributed by atoms with Crippen LogP contribution in [0.1, 0.15) is 51.6 Å². The molecule has 0 fully saturated rings. The van der Waals surface area contributed by atoms with Crippen LogP contribution >= 0.6 is 0 Å². The van der Waals surface area contributed by atoms with Crippen molar-refractivity contribution < 1.29 is 34.2 Å². The SMILES string of the molecule is CC(C)CC(NC(=O)C(Cc1cnc[nH]1)NC(=O)C(CCCN=C(N)N)NC(=O)C(N)CCC(=O)O)C(=O)O. The highest BCUT2D eigenvalue weighted by molar-refractivity contribution is 5.94. The topological polar surface area (TPSA) is 281 Å². The van der Waals surface area contributed by atoms with Gasteiger partial charge in [-0.15, -0.1) is 0 Å². The number of rotatable bonds is 18. The zero-order valence-electron chi connectivity index (χ0n) is 22.1. The lowest BCUT2D eigenvalue weighted by atomic mass is 10.0. The molecule has 16 nitrogen and oxygen atoms in total. The summed E-state index contributed by atoms with van der Waals surface area (Å²) in [5, 5.41) is 25.9. The number of aliphatic carboxylic acids is 2. The number of carbonyl (C=O) groups excluding carboxylic acids is 3. The number of nitrogens with zero attached hydrogens (tertiary/aromatic N) is 2. The van der Waals surface area contributed by atoms with Crippen LogP contribution < -0.4 is 33.2 Å². The minimum Gasteiger partial charge on any atom is -0.481 e. The maximum Gasteiger partial charge on any atom is 0.326 e. The normalized spacial score (nSPS) is 13.9. The van der Waals surface area contributed by atoms with Crippen molar-refractivity contribution in [1.29, 1.82) is 0 Å². The molecule has 0 radical (unpaired) electrons. The first-order chi connectivity index (χ1) is 18.3. The number of aromatic amines is 1. The zero-order chi connectivity index (χ0) is 29.5. The summed E-state index contributed by atoms with van der Waals surface area (Å²) >= 11 is 0. The van der Waals surface area contributed by atoms with Crippen LogP contribution in [0.4, 0.5) is 0 Å². The lowest BCUT2D eigenvalue weighted by Gasteiger charge is -2.25. The van der Waals surface area contributed by atoms with Crippen molar-refractivity contribution in [1.82, 2.24) is 25.9 Å². The largest absolute Gasteiger partial charge is 0.481 e. The highest BCUT2D eigenvalue weighted by atomic mass is 16.4. The second kappa shape index (κ2) is 16.6. The van der Waals surface area contributed by atoms with Crippen molar-refractivity contribution in [3.05, 3.63) is 18.2 Å². The van der Waals surface area contributed by atoms with Crippen molar-refractivity contribution in [2.75, 3.05) is 6.54 Å². The van der Waals surface area contributed by atoms with E-state index in [-0.39, 0.29) is 56.9 Å². The third-order valence-corrected chi connectivity index (χ3v) is 5.52. The van der Waals surface area contributed by atoms with Crippen molar-refractivity contribution in [3.8, 4) is 0 Å². The van der Waals surface area contributed by atoms with E-state index in [1.54, 1.807) is 0 Å². The van der Waals surface area contributed by atoms with E-state index in [2.05, 4.69) is 30.9 Å². The summed E-state index contributed by atoms with van der Waals surface area (Å²) in [6.07, 6.45) is 2.80. The molecule has 1 aromatic heterocycles. The lowest BCUT2D eigenvalue weighted by molar-refractivity contribution is -0.143. The number of aliphatic imine (C=N–C) groups is 1. The fourth-order valence-electron chi connectivity index (χ4n) is 3.52. The Balaban J connectivity index is 3.09. The van der Waals surface area contributed by atoms with Crippen LogP contribution in [0, 0.1) is 5.92 Å². The van der Waals surface area contributed by atoms with Crippen LogP contribution in [0.3, 0.4) is 0 Å². The Kier molecular flexibility index (Phi) is 14.0. The minimum absolute atomic E-state index is 0.0257. The van der Waals surface area contributed by atoms with E-state index in [4.69, 9.17) is 22.3 Å². The molecule has 218 valence electrons. The third-order valence-electron chi connectivity index (χ3n) is 5.52. The molecule has 4 unspecified atom stereocenters. The van der Waals surface area contributed by atoms with Gasteiger partial charge in [-0.2, -0.15) is 0 Å². The number of H-pyrrole nitrogens is 1. The predicted molar refractivity (Wildman–Crippen MR) is 140 cm³/mol. The minimum atomic E-state index is -1.22. The van der Waals surface area contributed by atoms with Crippen LogP contribution in [0.25, 0.3) is 0 Å². The number of aromatic nitrogens is 2. The van der Waals surface area contributed by atoms with Gasteiger partial charge < -0.3 is 48.3 Å². The summed E-state index contributed by atoms with van der Waals surface area (Å²) in [7, 11) is 0. The molecule has 0 aliphatic carbocycles. The Labute approximate surface area is 225 Å². The van der Waals surface area contributed by atoms with E-state index >= 15 is 0 Å². The molecule has 3 amide bonds. The van der Waals surface area contributed by atoms with E-state index in [0.29, 0.717) is 5.69 Å². The quantitative estimate of drug-likeness (QED) is 0.0533.